The van der Waals surface area contributed by atoms with Crippen molar-refractivity contribution in [2.75, 3.05) is 6.54 Å². The lowest BCUT2D eigenvalue weighted by atomic mass is 9.80. The first-order chi connectivity index (χ1) is 11.1. The highest BCUT2D eigenvalue weighted by Gasteiger charge is 2.72. The topological polar surface area (TPSA) is 54.5 Å². The molecule has 1 spiro atoms. The molecule has 0 N–H and O–H groups in total. The van der Waals surface area contributed by atoms with E-state index in [2.05, 4.69) is 6.92 Å². The van der Waals surface area contributed by atoms with E-state index in [0.29, 0.717) is 37.6 Å². The molecule has 1 amide bonds. The van der Waals surface area contributed by atoms with Crippen LogP contribution in [0.25, 0.3) is 0 Å². The first-order valence-electron chi connectivity index (χ1n) is 8.22. The Morgan fingerprint density at radius 3 is 2.96 bits per heavy atom. The van der Waals surface area contributed by atoms with Crippen LogP contribution in [0, 0.1) is 11.8 Å². The molecule has 0 radical (unpaired) electrons. The maximum atomic E-state index is 12.5. The van der Waals surface area contributed by atoms with Gasteiger partial charge in [0.05, 0.1) is 0 Å². The number of hydrogen-bond acceptors (Lipinski definition) is 3. The molecule has 1 heterocycles. The maximum absolute atomic E-state index is 12.5. The van der Waals surface area contributed by atoms with Crippen LogP contribution in [0.1, 0.15) is 42.1 Å². The summed E-state index contributed by atoms with van der Waals surface area (Å²) in [7, 11) is 0. The van der Waals surface area contributed by atoms with Crippen molar-refractivity contribution in [1.82, 2.24) is 4.90 Å². The van der Waals surface area contributed by atoms with E-state index in [-0.39, 0.29) is 17.1 Å². The molecule has 0 bridgehead atoms. The number of allylic oxidation sites excluding steroid dienone is 2. The van der Waals surface area contributed by atoms with Crippen molar-refractivity contribution in [3.05, 3.63) is 47.2 Å². The number of aldehydes is 1. The minimum absolute atomic E-state index is 0.00772. The molecule has 118 valence electrons. The Labute approximate surface area is 135 Å². The third-order valence-corrected chi connectivity index (χ3v) is 5.81. The van der Waals surface area contributed by atoms with Crippen molar-refractivity contribution in [1.29, 1.82) is 0 Å². The van der Waals surface area contributed by atoms with Crippen molar-refractivity contribution >= 4 is 18.0 Å². The van der Waals surface area contributed by atoms with E-state index in [9.17, 15) is 14.4 Å². The average molecular weight is 309 g/mol. The molecule has 2 fully saturated rings. The van der Waals surface area contributed by atoms with Gasteiger partial charge in [0.1, 0.15) is 6.29 Å². The van der Waals surface area contributed by atoms with Gasteiger partial charge in [-0.1, -0.05) is 31.2 Å². The standard InChI is InChI=1S/C19H19NO3/c1-12-15-11-20(18(23)8-4-5-9-21)17-10-16(22)13-6-2-3-7-14(13)19(12,15)17/h2-3,6-7,9-10,12,15H,4-5,8,11H2,1H3/t12-,15?,19?/m1/s1. The van der Waals surface area contributed by atoms with Crippen molar-refractivity contribution in [2.24, 2.45) is 11.8 Å². The van der Waals surface area contributed by atoms with Gasteiger partial charge in [0.25, 0.3) is 0 Å². The van der Waals surface area contributed by atoms with Crippen LogP contribution in [0.4, 0.5) is 0 Å². The van der Waals surface area contributed by atoms with Gasteiger partial charge in [-0.05, 0) is 23.8 Å². The fourth-order valence-corrected chi connectivity index (χ4v) is 4.64. The summed E-state index contributed by atoms with van der Waals surface area (Å²) in [6, 6.07) is 7.79. The highest BCUT2D eigenvalue weighted by atomic mass is 16.2. The van der Waals surface area contributed by atoms with Gasteiger partial charge in [-0.15, -0.1) is 0 Å². The van der Waals surface area contributed by atoms with Gasteiger partial charge in [-0.25, -0.2) is 0 Å². The summed E-state index contributed by atoms with van der Waals surface area (Å²) in [4.78, 5) is 37.2. The predicted molar refractivity (Wildman–Crippen MR) is 84.8 cm³/mol. The Morgan fingerprint density at radius 2 is 2.17 bits per heavy atom. The van der Waals surface area contributed by atoms with E-state index < -0.39 is 0 Å². The van der Waals surface area contributed by atoms with Gasteiger partial charge in [0.2, 0.25) is 5.91 Å². The number of unbranched alkanes of at least 4 members (excludes halogenated alkanes) is 1. The molecule has 3 atom stereocenters. The Bertz CT molecular complexity index is 751. The van der Waals surface area contributed by atoms with E-state index in [1.54, 1.807) is 11.0 Å². The largest absolute Gasteiger partial charge is 0.315 e. The lowest BCUT2D eigenvalue weighted by Gasteiger charge is -2.30. The normalized spacial score (nSPS) is 30.2. The third-order valence-electron chi connectivity index (χ3n) is 5.81. The number of nitrogens with zero attached hydrogens (tertiary/aromatic N) is 1. The smallest absolute Gasteiger partial charge is 0.226 e. The zero-order valence-electron chi connectivity index (χ0n) is 13.1. The second-order valence-corrected chi connectivity index (χ2v) is 6.77. The van der Waals surface area contributed by atoms with Gasteiger partial charge in [0.15, 0.2) is 5.78 Å². The van der Waals surface area contributed by atoms with Crippen LogP contribution in [0.3, 0.4) is 0 Å². The van der Waals surface area contributed by atoms with Crippen LogP contribution in [-0.4, -0.2) is 29.4 Å². The van der Waals surface area contributed by atoms with E-state index in [1.165, 1.54) is 0 Å². The van der Waals surface area contributed by atoms with E-state index in [0.717, 1.165) is 23.1 Å². The van der Waals surface area contributed by atoms with Crippen LogP contribution in [0.15, 0.2) is 36.0 Å². The van der Waals surface area contributed by atoms with Crippen molar-refractivity contribution in [2.45, 2.75) is 31.6 Å². The molecule has 4 heteroatoms. The van der Waals surface area contributed by atoms with E-state index in [1.807, 2.05) is 24.3 Å². The number of benzene rings is 1. The first-order valence-corrected chi connectivity index (χ1v) is 8.22. The summed E-state index contributed by atoms with van der Waals surface area (Å²) in [6.07, 6.45) is 3.86. The van der Waals surface area contributed by atoms with Crippen molar-refractivity contribution < 1.29 is 14.4 Å². The molecule has 1 aliphatic heterocycles. The summed E-state index contributed by atoms with van der Waals surface area (Å²) in [5.74, 6) is 0.885. The number of fused-ring (bicyclic) bond motifs is 1. The molecular weight excluding hydrogens is 290 g/mol. The molecule has 1 aromatic rings. The van der Waals surface area contributed by atoms with Gasteiger partial charge in [0, 0.05) is 42.1 Å². The highest BCUT2D eigenvalue weighted by molar-refractivity contribution is 6.09. The number of carbonyl (C=O) groups is 3. The maximum Gasteiger partial charge on any atom is 0.226 e. The molecule has 1 saturated carbocycles. The Balaban J connectivity index is 1.70. The molecule has 23 heavy (non-hydrogen) atoms. The molecule has 2 unspecified atom stereocenters. The van der Waals surface area contributed by atoms with Crippen molar-refractivity contribution in [3.63, 3.8) is 0 Å². The summed E-state index contributed by atoms with van der Waals surface area (Å²) < 4.78 is 0. The summed E-state index contributed by atoms with van der Waals surface area (Å²) in [6.45, 7) is 2.90. The minimum atomic E-state index is -0.148. The fourth-order valence-electron chi connectivity index (χ4n) is 4.64. The molecule has 1 aromatic carbocycles. The molecule has 4 rings (SSSR count). The second-order valence-electron chi connectivity index (χ2n) is 6.77. The number of amides is 1. The van der Waals surface area contributed by atoms with Crippen LogP contribution < -0.4 is 0 Å². The number of piperidine rings is 1. The fraction of sp³-hybridized carbons (Fsp3) is 0.421. The van der Waals surface area contributed by atoms with E-state index >= 15 is 0 Å². The molecule has 3 aliphatic rings. The number of carbonyl (C=O) groups excluding carboxylic acids is 3. The second kappa shape index (κ2) is 4.88. The molecule has 0 aromatic heterocycles. The Hall–Kier alpha value is -2.23. The van der Waals surface area contributed by atoms with E-state index in [4.69, 9.17) is 0 Å². The van der Waals surface area contributed by atoms with Gasteiger partial charge >= 0.3 is 0 Å². The number of likely N-dealkylation sites (tertiary alicyclic amines) is 1. The third kappa shape index (κ3) is 1.75. The Morgan fingerprint density at radius 1 is 1.39 bits per heavy atom. The molecule has 2 aliphatic carbocycles. The minimum Gasteiger partial charge on any atom is -0.315 e. The number of ketones is 1. The quantitative estimate of drug-likeness (QED) is 0.634. The lowest BCUT2D eigenvalue weighted by Crippen LogP contribution is -2.35. The number of rotatable bonds is 4. The van der Waals surface area contributed by atoms with Gasteiger partial charge in [-0.3, -0.25) is 9.59 Å². The molecule has 4 nitrogen and oxygen atoms in total. The summed E-state index contributed by atoms with van der Waals surface area (Å²) in [5.41, 5.74) is 2.60. The van der Waals surface area contributed by atoms with Crippen LogP contribution in [0.2, 0.25) is 0 Å². The highest BCUT2D eigenvalue weighted by Crippen LogP contribution is 2.70. The van der Waals surface area contributed by atoms with Gasteiger partial charge in [-0.2, -0.15) is 0 Å². The zero-order chi connectivity index (χ0) is 16.2. The first kappa shape index (κ1) is 14.4. The summed E-state index contributed by atoms with van der Waals surface area (Å²) >= 11 is 0. The van der Waals surface area contributed by atoms with Crippen molar-refractivity contribution in [3.8, 4) is 0 Å². The number of hydrogen-bond donors (Lipinski definition) is 0. The molecule has 1 saturated heterocycles. The SMILES string of the molecule is C[C@@H]1C2CN(C(=O)CCCC=O)C3=CC(=O)c4ccccc4C321. The zero-order valence-corrected chi connectivity index (χ0v) is 13.1. The average Bonchev–Trinajstić information content (AvgIpc) is 2.96. The molecular formula is C19H19NO3. The van der Waals surface area contributed by atoms with Gasteiger partial charge < -0.3 is 9.69 Å². The van der Waals surface area contributed by atoms with Crippen LogP contribution in [0.5, 0.6) is 0 Å². The summed E-state index contributed by atoms with van der Waals surface area (Å²) in [5, 5.41) is 0. The Kier molecular flexibility index (Phi) is 3.05. The van der Waals surface area contributed by atoms with Crippen LogP contribution in [-0.2, 0) is 15.0 Å². The van der Waals surface area contributed by atoms with Crippen LogP contribution >= 0.6 is 0 Å². The monoisotopic (exact) mass is 309 g/mol. The lowest BCUT2D eigenvalue weighted by molar-refractivity contribution is -0.129. The predicted octanol–water partition coefficient (Wildman–Crippen LogP) is 2.48.